The lowest BCUT2D eigenvalue weighted by molar-refractivity contribution is -0.0173. The highest BCUT2D eigenvalue weighted by atomic mass is 16.5. The number of nitrogens with one attached hydrogen (secondary N) is 1. The smallest absolute Gasteiger partial charge is 0.0604 e. The number of benzene rings is 1. The Kier molecular flexibility index (Phi) is 3.94. The summed E-state index contributed by atoms with van der Waals surface area (Å²) in [5, 5.41) is 1.41. The second-order valence-electron chi connectivity index (χ2n) is 7.36. The monoisotopic (exact) mass is 312 g/mol. The van der Waals surface area contributed by atoms with Crippen molar-refractivity contribution in [2.24, 2.45) is 0 Å². The minimum atomic E-state index is 0.486. The van der Waals surface area contributed by atoms with Crippen LogP contribution in [0, 0.1) is 13.8 Å². The SMILES string of the molecule is CCOC1C[C@H]2CC[C@@H](C1)N2Cc1c(C)cc(C)c2[nH]ccc12. The predicted molar refractivity (Wildman–Crippen MR) is 94.8 cm³/mol. The van der Waals surface area contributed by atoms with Gasteiger partial charge in [-0.15, -0.1) is 0 Å². The molecule has 2 bridgehead atoms. The third-order valence-corrected chi connectivity index (χ3v) is 5.96. The van der Waals surface area contributed by atoms with Crippen LogP contribution in [0.2, 0.25) is 0 Å². The van der Waals surface area contributed by atoms with Crippen LogP contribution in [0.5, 0.6) is 0 Å². The Morgan fingerprint density at radius 3 is 2.61 bits per heavy atom. The molecule has 3 heteroatoms. The Hall–Kier alpha value is -1.32. The first kappa shape index (κ1) is 15.2. The van der Waals surface area contributed by atoms with Crippen LogP contribution in [-0.2, 0) is 11.3 Å². The summed E-state index contributed by atoms with van der Waals surface area (Å²) in [6.07, 6.45) is 7.68. The first-order chi connectivity index (χ1) is 11.2. The molecule has 2 aliphatic heterocycles. The number of aromatic nitrogens is 1. The lowest BCUT2D eigenvalue weighted by Gasteiger charge is -2.39. The third-order valence-electron chi connectivity index (χ3n) is 5.96. The minimum absolute atomic E-state index is 0.486. The summed E-state index contributed by atoms with van der Waals surface area (Å²) in [6.45, 7) is 8.53. The van der Waals surface area contributed by atoms with Gasteiger partial charge in [-0.1, -0.05) is 6.07 Å². The van der Waals surface area contributed by atoms with Crippen LogP contribution in [0.4, 0.5) is 0 Å². The average Bonchev–Trinajstić information content (AvgIpc) is 3.08. The van der Waals surface area contributed by atoms with E-state index in [1.807, 2.05) is 0 Å². The largest absolute Gasteiger partial charge is 0.378 e. The fourth-order valence-corrected chi connectivity index (χ4v) is 4.89. The number of ether oxygens (including phenoxy) is 1. The summed E-state index contributed by atoms with van der Waals surface area (Å²) in [7, 11) is 0. The molecular formula is C20H28N2O. The topological polar surface area (TPSA) is 28.3 Å². The van der Waals surface area contributed by atoms with E-state index >= 15 is 0 Å². The van der Waals surface area contributed by atoms with Crippen molar-refractivity contribution in [1.29, 1.82) is 0 Å². The summed E-state index contributed by atoms with van der Waals surface area (Å²) in [5.41, 5.74) is 5.60. The molecular weight excluding hydrogens is 284 g/mol. The van der Waals surface area contributed by atoms with Gasteiger partial charge >= 0.3 is 0 Å². The van der Waals surface area contributed by atoms with E-state index in [1.54, 1.807) is 0 Å². The van der Waals surface area contributed by atoms with Gasteiger partial charge in [0.25, 0.3) is 0 Å². The molecule has 0 saturated carbocycles. The van der Waals surface area contributed by atoms with Crippen LogP contribution in [0.1, 0.15) is 49.3 Å². The van der Waals surface area contributed by atoms with Gasteiger partial charge in [0.1, 0.15) is 0 Å². The van der Waals surface area contributed by atoms with Gasteiger partial charge in [-0.25, -0.2) is 0 Å². The van der Waals surface area contributed by atoms with Gasteiger partial charge in [0.2, 0.25) is 0 Å². The first-order valence-corrected chi connectivity index (χ1v) is 9.11. The van der Waals surface area contributed by atoms with E-state index in [4.69, 9.17) is 4.74 Å². The number of hydrogen-bond donors (Lipinski definition) is 1. The molecule has 124 valence electrons. The average molecular weight is 312 g/mol. The molecule has 2 saturated heterocycles. The van der Waals surface area contributed by atoms with Gasteiger partial charge in [-0.3, -0.25) is 4.90 Å². The number of nitrogens with zero attached hydrogens (tertiary/aromatic N) is 1. The number of rotatable bonds is 4. The number of piperidine rings is 1. The second kappa shape index (κ2) is 5.95. The molecule has 2 aliphatic rings. The highest BCUT2D eigenvalue weighted by molar-refractivity contribution is 5.86. The van der Waals surface area contributed by atoms with Crippen LogP contribution in [0.15, 0.2) is 18.3 Å². The normalized spacial score (nSPS) is 27.9. The maximum atomic E-state index is 5.93. The summed E-state index contributed by atoms with van der Waals surface area (Å²) in [5.74, 6) is 0. The Morgan fingerprint density at radius 1 is 1.17 bits per heavy atom. The zero-order valence-electron chi connectivity index (χ0n) is 14.6. The van der Waals surface area contributed by atoms with Crippen molar-refractivity contribution in [1.82, 2.24) is 9.88 Å². The maximum Gasteiger partial charge on any atom is 0.0604 e. The number of aryl methyl sites for hydroxylation is 2. The van der Waals surface area contributed by atoms with E-state index in [2.05, 4.69) is 49.0 Å². The van der Waals surface area contributed by atoms with Gasteiger partial charge in [0.15, 0.2) is 0 Å². The highest BCUT2D eigenvalue weighted by Crippen LogP contribution is 2.39. The molecule has 1 aromatic heterocycles. The minimum Gasteiger partial charge on any atom is -0.378 e. The van der Waals surface area contributed by atoms with Crippen molar-refractivity contribution >= 4 is 10.9 Å². The highest BCUT2D eigenvalue weighted by Gasteiger charge is 2.41. The third kappa shape index (κ3) is 2.60. The Labute approximate surface area is 139 Å². The molecule has 3 atom stereocenters. The zero-order chi connectivity index (χ0) is 16.0. The molecule has 1 unspecified atom stereocenters. The molecule has 2 aromatic rings. The van der Waals surface area contributed by atoms with Gasteiger partial charge in [-0.2, -0.15) is 0 Å². The van der Waals surface area contributed by atoms with Crippen LogP contribution >= 0.6 is 0 Å². The number of fused-ring (bicyclic) bond motifs is 3. The summed E-state index contributed by atoms with van der Waals surface area (Å²) < 4.78 is 5.93. The quantitative estimate of drug-likeness (QED) is 0.911. The molecule has 4 rings (SSSR count). The lowest BCUT2D eigenvalue weighted by atomic mass is 9.95. The van der Waals surface area contributed by atoms with Crippen LogP contribution in [-0.4, -0.2) is 34.7 Å². The molecule has 0 spiro atoms. The molecule has 0 aliphatic carbocycles. The van der Waals surface area contributed by atoms with E-state index in [0.717, 1.165) is 13.2 Å². The summed E-state index contributed by atoms with van der Waals surface area (Å²) >= 11 is 0. The van der Waals surface area contributed by atoms with Gasteiger partial charge < -0.3 is 9.72 Å². The van der Waals surface area contributed by atoms with Crippen LogP contribution < -0.4 is 0 Å². The van der Waals surface area contributed by atoms with Crippen molar-refractivity contribution in [3.63, 3.8) is 0 Å². The first-order valence-electron chi connectivity index (χ1n) is 9.11. The van der Waals surface area contributed by atoms with Gasteiger partial charge in [0, 0.05) is 42.3 Å². The van der Waals surface area contributed by atoms with Crippen molar-refractivity contribution in [3.05, 3.63) is 35.0 Å². The summed E-state index contributed by atoms with van der Waals surface area (Å²) in [4.78, 5) is 6.18. The Bertz CT molecular complexity index is 691. The fraction of sp³-hybridized carbons (Fsp3) is 0.600. The van der Waals surface area contributed by atoms with E-state index in [-0.39, 0.29) is 0 Å². The molecule has 0 amide bonds. The molecule has 2 fully saturated rings. The second-order valence-corrected chi connectivity index (χ2v) is 7.36. The van der Waals surface area contributed by atoms with Crippen molar-refractivity contribution in [3.8, 4) is 0 Å². The lowest BCUT2D eigenvalue weighted by Crippen LogP contribution is -2.45. The molecule has 3 heterocycles. The Balaban J connectivity index is 1.61. The molecule has 1 aromatic carbocycles. The fourth-order valence-electron chi connectivity index (χ4n) is 4.89. The standard InChI is InChI=1S/C20H28N2O/c1-4-23-17-10-15-5-6-16(11-17)22(15)12-19-13(2)9-14(3)20-18(19)7-8-21-20/h7-9,15-17,21H,4-6,10-12H2,1-3H3/t15-,16+,17?. The van der Waals surface area contributed by atoms with E-state index in [9.17, 15) is 0 Å². The Morgan fingerprint density at radius 2 is 1.91 bits per heavy atom. The van der Waals surface area contributed by atoms with Crippen molar-refractivity contribution in [2.75, 3.05) is 6.61 Å². The molecule has 3 nitrogen and oxygen atoms in total. The van der Waals surface area contributed by atoms with Crippen molar-refractivity contribution < 1.29 is 4.74 Å². The number of hydrogen-bond acceptors (Lipinski definition) is 2. The van der Waals surface area contributed by atoms with Crippen LogP contribution in [0.3, 0.4) is 0 Å². The van der Waals surface area contributed by atoms with Gasteiger partial charge in [-0.05, 0) is 69.2 Å². The van der Waals surface area contributed by atoms with Crippen LogP contribution in [0.25, 0.3) is 10.9 Å². The van der Waals surface area contributed by atoms with Crippen molar-refractivity contribution in [2.45, 2.75) is 71.2 Å². The van der Waals surface area contributed by atoms with E-state index in [0.29, 0.717) is 18.2 Å². The maximum absolute atomic E-state index is 5.93. The van der Waals surface area contributed by atoms with Gasteiger partial charge in [0.05, 0.1) is 6.10 Å². The number of aromatic amines is 1. The molecule has 23 heavy (non-hydrogen) atoms. The molecule has 1 N–H and O–H groups in total. The predicted octanol–water partition coefficient (Wildman–Crippen LogP) is 4.32. The number of H-pyrrole nitrogens is 1. The summed E-state index contributed by atoms with van der Waals surface area (Å²) in [6, 6.07) is 6.00. The zero-order valence-corrected chi connectivity index (χ0v) is 14.6. The molecule has 0 radical (unpaired) electrons. The van der Waals surface area contributed by atoms with E-state index < -0.39 is 0 Å². The van der Waals surface area contributed by atoms with E-state index in [1.165, 1.54) is 53.3 Å².